The van der Waals surface area contributed by atoms with Gasteiger partial charge in [-0.2, -0.15) is 5.10 Å². The van der Waals surface area contributed by atoms with E-state index in [0.717, 1.165) is 6.42 Å². The average Bonchev–Trinajstić information content (AvgIpc) is 2.21. The zero-order valence-electron chi connectivity index (χ0n) is 6.29. The normalized spacial score (nSPS) is 14.8. The van der Waals surface area contributed by atoms with Gasteiger partial charge in [-0.1, -0.05) is 19.9 Å². The van der Waals surface area contributed by atoms with Crippen molar-refractivity contribution in [2.24, 2.45) is 5.10 Å². The Morgan fingerprint density at radius 2 is 2.30 bits per heavy atom. The lowest BCUT2D eigenvalue weighted by Gasteiger charge is -1.84. The van der Waals surface area contributed by atoms with Crippen molar-refractivity contribution in [1.29, 1.82) is 0 Å². The van der Waals surface area contributed by atoms with E-state index in [1.54, 1.807) is 12.3 Å². The van der Waals surface area contributed by atoms with Crippen molar-refractivity contribution < 1.29 is 4.79 Å². The maximum absolute atomic E-state index is 10.4. The highest BCUT2D eigenvalue weighted by atomic mass is 16.2. The van der Waals surface area contributed by atoms with Gasteiger partial charge in [0, 0.05) is 18.7 Å². The van der Waals surface area contributed by atoms with Crippen LogP contribution in [0.3, 0.4) is 0 Å². The molecule has 0 aliphatic carbocycles. The molecule has 1 rings (SSSR count). The fraction of sp³-hybridized carbons (Fsp3) is 0.429. The Labute approximate surface area is 60.8 Å². The largest absolute Gasteiger partial charge is 0.268 e. The molecule has 0 fully saturated rings. The summed E-state index contributed by atoms with van der Waals surface area (Å²) in [7, 11) is 0. The number of carbonyl (C=O) groups is 1. The maximum Gasteiger partial charge on any atom is 0.263 e. The molecule has 3 nitrogen and oxygen atoms in total. The molecule has 0 saturated carbocycles. The minimum absolute atomic E-state index is 0.154. The van der Waals surface area contributed by atoms with Gasteiger partial charge in [0.15, 0.2) is 0 Å². The first kappa shape index (κ1) is 8.88. The molecule has 0 aromatic heterocycles. The first-order valence-corrected chi connectivity index (χ1v) is 3.37. The van der Waals surface area contributed by atoms with Gasteiger partial charge in [-0.05, 0) is 0 Å². The van der Waals surface area contributed by atoms with Gasteiger partial charge in [-0.15, -0.1) is 0 Å². The van der Waals surface area contributed by atoms with Gasteiger partial charge < -0.3 is 0 Å². The van der Waals surface area contributed by atoms with E-state index in [0.29, 0.717) is 0 Å². The number of amides is 1. The summed E-state index contributed by atoms with van der Waals surface area (Å²) in [6.07, 6.45) is 5.60. The van der Waals surface area contributed by atoms with Crippen molar-refractivity contribution in [2.75, 3.05) is 0 Å². The topological polar surface area (TPSA) is 41.5 Å². The fourth-order valence-electron chi connectivity index (χ4n) is 0.435. The van der Waals surface area contributed by atoms with Crippen LogP contribution in [0.5, 0.6) is 0 Å². The van der Waals surface area contributed by atoms with E-state index in [4.69, 9.17) is 0 Å². The van der Waals surface area contributed by atoms with E-state index in [-0.39, 0.29) is 5.91 Å². The van der Waals surface area contributed by atoms with Crippen molar-refractivity contribution in [3.63, 3.8) is 0 Å². The number of nitrogens with zero attached hydrogens (tertiary/aromatic N) is 1. The molecule has 0 aromatic carbocycles. The number of rotatable bonds is 0. The second-order valence-electron chi connectivity index (χ2n) is 1.43. The molecule has 1 aliphatic heterocycles. The van der Waals surface area contributed by atoms with Gasteiger partial charge in [0.1, 0.15) is 0 Å². The molecule has 0 radical (unpaired) electrons. The highest BCUT2D eigenvalue weighted by Crippen LogP contribution is 1.82. The number of carbonyl (C=O) groups excluding carboxylic acids is 1. The standard InChI is InChI=1S/C5H6N2O.C2H6/c8-5-3-1-2-4-6-7-5;1-2/h1,3-4H,2H2,(H,7,8);1-2H3. The predicted octanol–water partition coefficient (Wildman–Crippen LogP) is 1.07. The fourth-order valence-corrected chi connectivity index (χ4v) is 0.435. The van der Waals surface area contributed by atoms with Crippen LogP contribution in [0.4, 0.5) is 0 Å². The monoisotopic (exact) mass is 140 g/mol. The van der Waals surface area contributed by atoms with E-state index < -0.39 is 0 Å². The molecule has 0 atom stereocenters. The average molecular weight is 140 g/mol. The Balaban J connectivity index is 0.000000371. The van der Waals surface area contributed by atoms with Crippen LogP contribution in [0.1, 0.15) is 20.3 Å². The van der Waals surface area contributed by atoms with Crippen molar-refractivity contribution >= 4 is 12.1 Å². The predicted molar refractivity (Wildman–Crippen MR) is 41.7 cm³/mol. The SMILES string of the molecule is CC.O=C1C=CCC=NN1. The number of hydrazone groups is 1. The van der Waals surface area contributed by atoms with Gasteiger partial charge in [0.05, 0.1) is 0 Å². The van der Waals surface area contributed by atoms with Crippen LogP contribution in [0.2, 0.25) is 0 Å². The minimum atomic E-state index is -0.154. The van der Waals surface area contributed by atoms with Crippen LogP contribution in [0.25, 0.3) is 0 Å². The molecule has 0 unspecified atom stereocenters. The van der Waals surface area contributed by atoms with Gasteiger partial charge >= 0.3 is 0 Å². The third kappa shape index (κ3) is 3.83. The molecule has 0 spiro atoms. The zero-order chi connectivity index (χ0) is 7.82. The molecule has 1 amide bonds. The lowest BCUT2D eigenvalue weighted by Crippen LogP contribution is -2.12. The molecule has 56 valence electrons. The van der Waals surface area contributed by atoms with Crippen molar-refractivity contribution in [3.05, 3.63) is 12.2 Å². The second kappa shape index (κ2) is 6.01. The Morgan fingerprint density at radius 3 is 3.00 bits per heavy atom. The summed E-state index contributed by atoms with van der Waals surface area (Å²) in [5.41, 5.74) is 2.29. The molecule has 0 saturated heterocycles. The first-order valence-electron chi connectivity index (χ1n) is 3.37. The summed E-state index contributed by atoms with van der Waals surface area (Å²) in [6, 6.07) is 0. The first-order chi connectivity index (χ1) is 4.89. The third-order valence-corrected chi connectivity index (χ3v) is 0.777. The summed E-state index contributed by atoms with van der Waals surface area (Å²) in [5, 5.41) is 3.56. The molecule has 3 heteroatoms. The Morgan fingerprint density at radius 1 is 1.60 bits per heavy atom. The maximum atomic E-state index is 10.4. The van der Waals surface area contributed by atoms with Crippen LogP contribution in [-0.4, -0.2) is 12.1 Å². The lowest BCUT2D eigenvalue weighted by molar-refractivity contribution is -0.116. The number of nitrogens with one attached hydrogen (secondary N) is 1. The van der Waals surface area contributed by atoms with Crippen LogP contribution in [0.15, 0.2) is 17.3 Å². The van der Waals surface area contributed by atoms with Gasteiger partial charge in [-0.25, -0.2) is 5.43 Å². The number of hydrogen-bond donors (Lipinski definition) is 1. The van der Waals surface area contributed by atoms with Gasteiger partial charge in [-0.3, -0.25) is 4.79 Å². The highest BCUT2D eigenvalue weighted by molar-refractivity contribution is 5.89. The number of allylic oxidation sites excluding steroid dienone is 1. The van der Waals surface area contributed by atoms with E-state index in [2.05, 4.69) is 10.5 Å². The van der Waals surface area contributed by atoms with E-state index in [1.807, 2.05) is 13.8 Å². The molecule has 1 heterocycles. The number of hydrogen-bond acceptors (Lipinski definition) is 2. The van der Waals surface area contributed by atoms with Crippen LogP contribution < -0.4 is 5.43 Å². The third-order valence-electron chi connectivity index (χ3n) is 0.777. The van der Waals surface area contributed by atoms with Crippen molar-refractivity contribution in [2.45, 2.75) is 20.3 Å². The summed E-state index contributed by atoms with van der Waals surface area (Å²) in [4.78, 5) is 10.4. The zero-order valence-corrected chi connectivity index (χ0v) is 6.29. The lowest BCUT2D eigenvalue weighted by atomic mass is 10.4. The Hall–Kier alpha value is -1.12. The van der Waals surface area contributed by atoms with Crippen molar-refractivity contribution in [1.82, 2.24) is 5.43 Å². The van der Waals surface area contributed by atoms with E-state index >= 15 is 0 Å². The molecule has 0 bridgehead atoms. The summed E-state index contributed by atoms with van der Waals surface area (Å²) in [6.45, 7) is 4.00. The molecule has 0 aromatic rings. The minimum Gasteiger partial charge on any atom is -0.268 e. The van der Waals surface area contributed by atoms with E-state index in [1.165, 1.54) is 6.08 Å². The summed E-state index contributed by atoms with van der Waals surface area (Å²) >= 11 is 0. The van der Waals surface area contributed by atoms with Crippen molar-refractivity contribution in [3.8, 4) is 0 Å². The molecule has 1 N–H and O–H groups in total. The second-order valence-corrected chi connectivity index (χ2v) is 1.43. The quantitative estimate of drug-likeness (QED) is 0.537. The van der Waals surface area contributed by atoms with Gasteiger partial charge in [0.25, 0.3) is 5.91 Å². The molecule has 10 heavy (non-hydrogen) atoms. The van der Waals surface area contributed by atoms with Gasteiger partial charge in [0.2, 0.25) is 0 Å². The molecule has 1 aliphatic rings. The van der Waals surface area contributed by atoms with E-state index in [9.17, 15) is 4.79 Å². The highest BCUT2D eigenvalue weighted by Gasteiger charge is 1.91. The smallest absolute Gasteiger partial charge is 0.263 e. The van der Waals surface area contributed by atoms with Crippen LogP contribution >= 0.6 is 0 Å². The molecular formula is C7H12N2O. The van der Waals surface area contributed by atoms with Crippen LogP contribution in [-0.2, 0) is 4.79 Å². The Bertz CT molecular complexity index is 150. The van der Waals surface area contributed by atoms with Crippen LogP contribution in [0, 0.1) is 0 Å². The molecular weight excluding hydrogens is 128 g/mol. The summed E-state index contributed by atoms with van der Waals surface area (Å²) in [5.74, 6) is -0.154. The summed E-state index contributed by atoms with van der Waals surface area (Å²) < 4.78 is 0. The Kier molecular flexibility index (Phi) is 5.33.